The minimum atomic E-state index is -0.275. The van der Waals surface area contributed by atoms with E-state index in [1.165, 1.54) is 0 Å². The Labute approximate surface area is 172 Å². The Bertz CT molecular complexity index is 752. The van der Waals surface area contributed by atoms with Crippen molar-refractivity contribution in [3.63, 3.8) is 0 Å². The van der Waals surface area contributed by atoms with Crippen molar-refractivity contribution in [1.82, 2.24) is 25.1 Å². The number of carbonyl (C=O) groups is 2. The number of carbonyl (C=O) groups excluding carboxylic acids is 2. The molecule has 0 aromatic carbocycles. The van der Waals surface area contributed by atoms with Crippen LogP contribution in [0.5, 0.6) is 0 Å². The van der Waals surface area contributed by atoms with Gasteiger partial charge in [0, 0.05) is 57.2 Å². The molecule has 3 fully saturated rings. The topological polar surface area (TPSA) is 81.7 Å². The van der Waals surface area contributed by atoms with E-state index in [9.17, 15) is 9.59 Å². The second-order valence-electron chi connectivity index (χ2n) is 9.17. The molecule has 4 rings (SSSR count). The van der Waals surface area contributed by atoms with Gasteiger partial charge in [-0.1, -0.05) is 0 Å². The lowest BCUT2D eigenvalue weighted by Crippen LogP contribution is -2.55. The molecule has 3 saturated heterocycles. The number of nitrogens with one attached hydrogen (secondary N) is 1. The van der Waals surface area contributed by atoms with E-state index in [-0.39, 0.29) is 28.9 Å². The van der Waals surface area contributed by atoms with Crippen molar-refractivity contribution >= 4 is 17.9 Å². The number of aromatic nitrogens is 2. The molecule has 8 nitrogen and oxygen atoms in total. The lowest BCUT2D eigenvalue weighted by Gasteiger charge is -2.44. The van der Waals surface area contributed by atoms with Gasteiger partial charge >= 0.3 is 6.03 Å². The number of piperidine rings is 2. The highest BCUT2D eigenvalue weighted by molar-refractivity contribution is 5.86. The van der Waals surface area contributed by atoms with Crippen molar-refractivity contribution in [3.8, 4) is 0 Å². The zero-order valence-electron chi connectivity index (χ0n) is 17.7. The number of amides is 3. The molecule has 3 amide bonds. The third-order valence-corrected chi connectivity index (χ3v) is 7.09. The molecule has 0 unspecified atom stereocenters. The lowest BCUT2D eigenvalue weighted by molar-refractivity contribution is -0.138. The van der Waals surface area contributed by atoms with Gasteiger partial charge in [-0.15, -0.1) is 0 Å². The summed E-state index contributed by atoms with van der Waals surface area (Å²) >= 11 is 0. The molecular weight excluding hydrogens is 368 g/mol. The summed E-state index contributed by atoms with van der Waals surface area (Å²) in [5.41, 5.74) is -0.389. The first-order valence-electron chi connectivity index (χ1n) is 10.7. The summed E-state index contributed by atoms with van der Waals surface area (Å²) in [6.45, 7) is 6.98. The summed E-state index contributed by atoms with van der Waals surface area (Å²) in [7, 11) is 1.97. The van der Waals surface area contributed by atoms with E-state index in [4.69, 9.17) is 0 Å². The highest BCUT2D eigenvalue weighted by atomic mass is 16.2. The molecule has 3 aliphatic rings. The maximum absolute atomic E-state index is 13.3. The third-order valence-electron chi connectivity index (χ3n) is 7.09. The zero-order valence-corrected chi connectivity index (χ0v) is 17.7. The smallest absolute Gasteiger partial charge is 0.317 e. The van der Waals surface area contributed by atoms with Crippen LogP contribution in [-0.2, 0) is 4.79 Å². The van der Waals surface area contributed by atoms with E-state index < -0.39 is 0 Å². The molecule has 2 spiro atoms. The second-order valence-corrected chi connectivity index (χ2v) is 9.17. The summed E-state index contributed by atoms with van der Waals surface area (Å²) < 4.78 is 0. The van der Waals surface area contributed by atoms with Gasteiger partial charge in [0.1, 0.15) is 0 Å². The molecule has 0 atom stereocenters. The molecular formula is C21H32N6O2. The predicted octanol–water partition coefficient (Wildman–Crippen LogP) is 1.88. The molecule has 3 aliphatic heterocycles. The van der Waals surface area contributed by atoms with Crippen LogP contribution in [0.3, 0.4) is 0 Å². The SMILES string of the molecule is CC(C)NC(=O)N1CCC2(CC1)CC1(CCN(c3ncccn3)CC1)C(=O)N2C. The van der Waals surface area contributed by atoms with Gasteiger partial charge in [-0.3, -0.25) is 4.79 Å². The van der Waals surface area contributed by atoms with E-state index in [0.717, 1.165) is 51.1 Å². The van der Waals surface area contributed by atoms with Gasteiger partial charge in [0.2, 0.25) is 11.9 Å². The highest BCUT2D eigenvalue weighted by Gasteiger charge is 2.59. The summed E-state index contributed by atoms with van der Waals surface area (Å²) in [4.78, 5) is 40.5. The van der Waals surface area contributed by atoms with Gasteiger partial charge in [0.05, 0.1) is 5.41 Å². The number of rotatable bonds is 2. The second kappa shape index (κ2) is 7.46. The van der Waals surface area contributed by atoms with E-state index >= 15 is 0 Å². The first kappa shape index (κ1) is 19.9. The van der Waals surface area contributed by atoms with Crippen LogP contribution in [-0.4, -0.2) is 76.5 Å². The Kier molecular flexibility index (Phi) is 5.12. The van der Waals surface area contributed by atoms with Crippen molar-refractivity contribution in [2.75, 3.05) is 38.1 Å². The van der Waals surface area contributed by atoms with Crippen LogP contribution in [0.1, 0.15) is 46.0 Å². The van der Waals surface area contributed by atoms with Crippen molar-refractivity contribution < 1.29 is 9.59 Å². The third kappa shape index (κ3) is 3.53. The standard InChI is InChI=1S/C21H32N6O2/c1-16(2)24-19(29)27-13-7-21(8-14-27)15-20(17(28)25(21)3)5-11-26(12-6-20)18-22-9-4-10-23-18/h4,9-10,16H,5-8,11-15H2,1-3H3,(H,24,29). The molecule has 4 heterocycles. The van der Waals surface area contributed by atoms with Crippen LogP contribution < -0.4 is 10.2 Å². The molecule has 8 heteroatoms. The molecule has 0 aliphatic carbocycles. The van der Waals surface area contributed by atoms with Crippen molar-refractivity contribution in [3.05, 3.63) is 18.5 Å². The molecule has 0 radical (unpaired) electrons. The number of hydrogen-bond donors (Lipinski definition) is 1. The molecule has 0 bridgehead atoms. The van der Waals surface area contributed by atoms with Gasteiger partial charge in [-0.05, 0) is 52.0 Å². The van der Waals surface area contributed by atoms with Gasteiger partial charge in [0.25, 0.3) is 0 Å². The monoisotopic (exact) mass is 400 g/mol. The normalized spacial score (nSPS) is 23.3. The van der Waals surface area contributed by atoms with Crippen LogP contribution in [0.25, 0.3) is 0 Å². The van der Waals surface area contributed by atoms with E-state index in [1.807, 2.05) is 36.8 Å². The van der Waals surface area contributed by atoms with Crippen LogP contribution >= 0.6 is 0 Å². The Morgan fingerprint density at radius 3 is 2.28 bits per heavy atom. The van der Waals surface area contributed by atoms with Crippen LogP contribution in [0.15, 0.2) is 18.5 Å². The number of anilines is 1. The predicted molar refractivity (Wildman–Crippen MR) is 111 cm³/mol. The van der Waals surface area contributed by atoms with Gasteiger partial charge < -0.3 is 20.0 Å². The molecule has 158 valence electrons. The summed E-state index contributed by atoms with van der Waals surface area (Å²) in [6, 6.07) is 1.96. The average Bonchev–Trinajstić information content (AvgIpc) is 2.91. The molecule has 1 aromatic heterocycles. The zero-order chi connectivity index (χ0) is 20.6. The van der Waals surface area contributed by atoms with E-state index in [1.54, 1.807) is 12.4 Å². The first-order valence-corrected chi connectivity index (χ1v) is 10.7. The number of hydrogen-bond acceptors (Lipinski definition) is 5. The average molecular weight is 401 g/mol. The summed E-state index contributed by atoms with van der Waals surface area (Å²) in [5, 5.41) is 2.98. The minimum absolute atomic E-state index is 0.00714. The fourth-order valence-electron chi connectivity index (χ4n) is 5.35. The fraction of sp³-hybridized carbons (Fsp3) is 0.714. The van der Waals surface area contributed by atoms with E-state index in [0.29, 0.717) is 13.1 Å². The minimum Gasteiger partial charge on any atom is -0.341 e. The maximum Gasteiger partial charge on any atom is 0.317 e. The molecule has 0 saturated carbocycles. The Morgan fingerprint density at radius 2 is 1.69 bits per heavy atom. The van der Waals surface area contributed by atoms with Crippen LogP contribution in [0.2, 0.25) is 0 Å². The molecule has 1 N–H and O–H groups in total. The van der Waals surface area contributed by atoms with Crippen LogP contribution in [0, 0.1) is 5.41 Å². The maximum atomic E-state index is 13.3. The fourth-order valence-corrected chi connectivity index (χ4v) is 5.35. The molecule has 1 aromatic rings. The van der Waals surface area contributed by atoms with Gasteiger partial charge in [0.15, 0.2) is 0 Å². The van der Waals surface area contributed by atoms with Crippen molar-refractivity contribution in [1.29, 1.82) is 0 Å². The largest absolute Gasteiger partial charge is 0.341 e. The van der Waals surface area contributed by atoms with Gasteiger partial charge in [-0.25, -0.2) is 14.8 Å². The Morgan fingerprint density at radius 1 is 1.07 bits per heavy atom. The van der Waals surface area contributed by atoms with Crippen molar-refractivity contribution in [2.45, 2.75) is 57.5 Å². The highest BCUT2D eigenvalue weighted by Crippen LogP contribution is 2.52. The van der Waals surface area contributed by atoms with E-state index in [2.05, 4.69) is 20.2 Å². The number of nitrogens with zero attached hydrogens (tertiary/aromatic N) is 5. The van der Waals surface area contributed by atoms with Gasteiger partial charge in [-0.2, -0.15) is 0 Å². The Balaban J connectivity index is 1.41. The summed E-state index contributed by atoms with van der Waals surface area (Å²) in [5.74, 6) is 1.03. The quantitative estimate of drug-likeness (QED) is 0.820. The Hall–Kier alpha value is -2.38. The lowest BCUT2D eigenvalue weighted by atomic mass is 9.71. The number of likely N-dealkylation sites (tertiary alicyclic amines) is 2. The van der Waals surface area contributed by atoms with Crippen molar-refractivity contribution in [2.24, 2.45) is 5.41 Å². The summed E-state index contributed by atoms with van der Waals surface area (Å²) in [6.07, 6.45) is 7.82. The number of urea groups is 1. The molecule has 29 heavy (non-hydrogen) atoms. The van der Waals surface area contributed by atoms with Crippen LogP contribution in [0.4, 0.5) is 10.7 Å². The first-order chi connectivity index (χ1) is 13.9.